The highest BCUT2D eigenvalue weighted by Crippen LogP contribution is 2.10. The number of esters is 1. The zero-order valence-corrected chi connectivity index (χ0v) is 10.5. The first-order valence-electron chi connectivity index (χ1n) is 5.82. The largest absolute Gasteiger partial charge is 0.460 e. The summed E-state index contributed by atoms with van der Waals surface area (Å²) in [5.74, 6) is -0.0815. The number of hydrogen-bond donors (Lipinski definition) is 0. The van der Waals surface area contributed by atoms with Crippen LogP contribution in [-0.2, 0) is 9.53 Å². The van der Waals surface area contributed by atoms with Crippen molar-refractivity contribution in [1.29, 1.82) is 0 Å². The number of carbonyl (C=O) groups is 1. The molecule has 0 radical (unpaired) electrons. The van der Waals surface area contributed by atoms with Crippen LogP contribution in [-0.4, -0.2) is 11.6 Å². The van der Waals surface area contributed by atoms with E-state index in [1.807, 2.05) is 20.8 Å². The fourth-order valence-corrected chi connectivity index (χ4v) is 1.21. The summed E-state index contributed by atoms with van der Waals surface area (Å²) in [7, 11) is 0. The average Bonchev–Trinajstić information content (AvgIpc) is 2.08. The molecule has 2 nitrogen and oxygen atoms in total. The Morgan fingerprint density at radius 1 is 1.20 bits per heavy atom. The molecule has 0 unspecified atom stereocenters. The van der Waals surface area contributed by atoms with Gasteiger partial charge in [-0.25, -0.2) is 0 Å². The fourth-order valence-electron chi connectivity index (χ4n) is 1.21. The summed E-state index contributed by atoms with van der Waals surface area (Å²) in [6, 6.07) is 0. The van der Waals surface area contributed by atoms with Crippen molar-refractivity contribution in [1.82, 2.24) is 0 Å². The molecule has 0 atom stereocenters. The molecule has 0 aromatic heterocycles. The molecule has 0 aliphatic carbocycles. The predicted octanol–water partition coefficient (Wildman–Crippen LogP) is 3.85. The van der Waals surface area contributed by atoms with Gasteiger partial charge in [-0.3, -0.25) is 4.79 Å². The van der Waals surface area contributed by atoms with E-state index in [2.05, 4.69) is 19.1 Å². The van der Waals surface area contributed by atoms with E-state index in [0.29, 0.717) is 6.42 Å². The third-order valence-corrected chi connectivity index (χ3v) is 1.82. The molecule has 0 bridgehead atoms. The lowest BCUT2D eigenvalue weighted by Crippen LogP contribution is -2.23. The topological polar surface area (TPSA) is 26.3 Å². The summed E-state index contributed by atoms with van der Waals surface area (Å²) in [5.41, 5.74) is -0.348. The Kier molecular flexibility index (Phi) is 7.10. The summed E-state index contributed by atoms with van der Waals surface area (Å²) >= 11 is 0. The SMILES string of the molecule is CCC=CCCCCC(=O)OC(C)(C)C. The second kappa shape index (κ2) is 7.49. The molecule has 88 valence electrons. The average molecular weight is 212 g/mol. The molecule has 15 heavy (non-hydrogen) atoms. The van der Waals surface area contributed by atoms with Crippen molar-refractivity contribution in [3.63, 3.8) is 0 Å². The van der Waals surface area contributed by atoms with Gasteiger partial charge < -0.3 is 4.74 Å². The van der Waals surface area contributed by atoms with Crippen LogP contribution in [0, 0.1) is 0 Å². The monoisotopic (exact) mass is 212 g/mol. The molecule has 0 saturated heterocycles. The van der Waals surface area contributed by atoms with Gasteiger partial charge in [0, 0.05) is 6.42 Å². The van der Waals surface area contributed by atoms with Gasteiger partial charge in [-0.1, -0.05) is 19.1 Å². The lowest BCUT2D eigenvalue weighted by atomic mass is 10.1. The van der Waals surface area contributed by atoms with E-state index in [1.54, 1.807) is 0 Å². The van der Waals surface area contributed by atoms with E-state index < -0.39 is 0 Å². The number of rotatable bonds is 6. The molecule has 0 heterocycles. The normalized spacial score (nSPS) is 12.0. The summed E-state index contributed by atoms with van der Waals surface area (Å²) < 4.78 is 5.21. The van der Waals surface area contributed by atoms with Crippen LogP contribution in [0.1, 0.15) is 59.8 Å². The maximum atomic E-state index is 11.3. The van der Waals surface area contributed by atoms with Crippen molar-refractivity contribution in [2.24, 2.45) is 0 Å². The van der Waals surface area contributed by atoms with E-state index >= 15 is 0 Å². The number of unbranched alkanes of at least 4 members (excludes halogenated alkanes) is 2. The molecule has 0 N–H and O–H groups in total. The van der Waals surface area contributed by atoms with E-state index in [4.69, 9.17) is 4.74 Å². The summed E-state index contributed by atoms with van der Waals surface area (Å²) in [6.07, 6.45) is 9.02. The smallest absolute Gasteiger partial charge is 0.306 e. The highest BCUT2D eigenvalue weighted by molar-refractivity contribution is 5.69. The van der Waals surface area contributed by atoms with Crippen molar-refractivity contribution in [3.8, 4) is 0 Å². The van der Waals surface area contributed by atoms with Gasteiger partial charge >= 0.3 is 5.97 Å². The van der Waals surface area contributed by atoms with Gasteiger partial charge in [0.25, 0.3) is 0 Å². The third kappa shape index (κ3) is 11.1. The minimum Gasteiger partial charge on any atom is -0.460 e. The van der Waals surface area contributed by atoms with Crippen LogP contribution in [0.2, 0.25) is 0 Å². The Balaban J connectivity index is 3.44. The van der Waals surface area contributed by atoms with Crippen molar-refractivity contribution >= 4 is 5.97 Å². The van der Waals surface area contributed by atoms with E-state index in [1.165, 1.54) is 0 Å². The van der Waals surface area contributed by atoms with Gasteiger partial charge in [0.2, 0.25) is 0 Å². The summed E-state index contributed by atoms with van der Waals surface area (Å²) in [4.78, 5) is 11.3. The molecule has 2 heteroatoms. The number of allylic oxidation sites excluding steroid dienone is 2. The Labute approximate surface area is 93.7 Å². The highest BCUT2D eigenvalue weighted by Gasteiger charge is 2.15. The molecule has 0 spiro atoms. The summed E-state index contributed by atoms with van der Waals surface area (Å²) in [6.45, 7) is 7.82. The maximum absolute atomic E-state index is 11.3. The highest BCUT2D eigenvalue weighted by atomic mass is 16.6. The number of carbonyl (C=O) groups excluding carboxylic acids is 1. The van der Waals surface area contributed by atoms with Gasteiger partial charge in [0.15, 0.2) is 0 Å². The van der Waals surface area contributed by atoms with Crippen LogP contribution in [0.5, 0.6) is 0 Å². The minimum absolute atomic E-state index is 0.0815. The standard InChI is InChI=1S/C13H24O2/c1-5-6-7-8-9-10-11-12(14)15-13(2,3)4/h6-7H,5,8-11H2,1-4H3. The third-order valence-electron chi connectivity index (χ3n) is 1.82. The molecule has 0 amide bonds. The predicted molar refractivity (Wildman–Crippen MR) is 63.7 cm³/mol. The molecule has 0 rings (SSSR count). The molecular weight excluding hydrogens is 188 g/mol. The van der Waals surface area contributed by atoms with Crippen molar-refractivity contribution < 1.29 is 9.53 Å². The Hall–Kier alpha value is -0.790. The second-order valence-corrected chi connectivity index (χ2v) is 4.71. The van der Waals surface area contributed by atoms with Crippen molar-refractivity contribution in [2.75, 3.05) is 0 Å². The molecule has 0 aromatic rings. The lowest BCUT2D eigenvalue weighted by molar-refractivity contribution is -0.154. The zero-order valence-electron chi connectivity index (χ0n) is 10.5. The Morgan fingerprint density at radius 2 is 1.87 bits per heavy atom. The zero-order chi connectivity index (χ0) is 11.7. The van der Waals surface area contributed by atoms with Crippen LogP contribution < -0.4 is 0 Å². The first-order chi connectivity index (χ1) is 6.95. The fraction of sp³-hybridized carbons (Fsp3) is 0.769. The molecule has 0 aromatic carbocycles. The summed E-state index contributed by atoms with van der Waals surface area (Å²) in [5, 5.41) is 0. The van der Waals surface area contributed by atoms with Gasteiger partial charge in [0.05, 0.1) is 0 Å². The molecule has 0 saturated carbocycles. The molecule has 0 fully saturated rings. The first-order valence-corrected chi connectivity index (χ1v) is 5.82. The minimum atomic E-state index is -0.348. The molecule has 0 aliphatic heterocycles. The maximum Gasteiger partial charge on any atom is 0.306 e. The van der Waals surface area contributed by atoms with Crippen LogP contribution >= 0.6 is 0 Å². The first kappa shape index (κ1) is 14.2. The van der Waals surface area contributed by atoms with E-state index in [-0.39, 0.29) is 11.6 Å². The molecule has 0 aliphatic rings. The number of ether oxygens (including phenoxy) is 1. The molecular formula is C13H24O2. The van der Waals surface area contributed by atoms with Gasteiger partial charge in [-0.15, -0.1) is 0 Å². The van der Waals surface area contributed by atoms with Crippen LogP contribution in [0.3, 0.4) is 0 Å². The van der Waals surface area contributed by atoms with Gasteiger partial charge in [-0.05, 0) is 46.5 Å². The number of hydrogen-bond acceptors (Lipinski definition) is 2. The van der Waals surface area contributed by atoms with Crippen LogP contribution in [0.15, 0.2) is 12.2 Å². The quantitative estimate of drug-likeness (QED) is 0.380. The lowest BCUT2D eigenvalue weighted by Gasteiger charge is -2.19. The van der Waals surface area contributed by atoms with Crippen LogP contribution in [0.25, 0.3) is 0 Å². The van der Waals surface area contributed by atoms with Gasteiger partial charge in [0.1, 0.15) is 5.60 Å². The van der Waals surface area contributed by atoms with Crippen LogP contribution in [0.4, 0.5) is 0 Å². The van der Waals surface area contributed by atoms with E-state index in [0.717, 1.165) is 25.7 Å². The Bertz CT molecular complexity index is 199. The van der Waals surface area contributed by atoms with E-state index in [9.17, 15) is 4.79 Å². The van der Waals surface area contributed by atoms with Crippen molar-refractivity contribution in [2.45, 2.75) is 65.4 Å². The van der Waals surface area contributed by atoms with Gasteiger partial charge in [-0.2, -0.15) is 0 Å². The Morgan fingerprint density at radius 3 is 2.40 bits per heavy atom. The second-order valence-electron chi connectivity index (χ2n) is 4.71. The van der Waals surface area contributed by atoms with Crippen molar-refractivity contribution in [3.05, 3.63) is 12.2 Å².